The fourth-order valence-corrected chi connectivity index (χ4v) is 2.68. The Morgan fingerprint density at radius 1 is 1.07 bits per heavy atom. The van der Waals surface area contributed by atoms with Crippen molar-refractivity contribution in [3.63, 3.8) is 0 Å². The third-order valence-corrected chi connectivity index (χ3v) is 4.11. The summed E-state index contributed by atoms with van der Waals surface area (Å²) in [5.74, 6) is 1.12. The number of nitrogens with one attached hydrogen (secondary N) is 2. The number of hydrogen-bond acceptors (Lipinski definition) is 5. The number of carbonyl (C=O) groups is 1. The van der Waals surface area contributed by atoms with Gasteiger partial charge in [0.25, 0.3) is 5.91 Å². The van der Waals surface area contributed by atoms with Crippen LogP contribution in [-0.2, 0) is 0 Å². The van der Waals surface area contributed by atoms with Gasteiger partial charge in [-0.2, -0.15) is 0 Å². The number of nitrogens with zero attached hydrogens (tertiary/aromatic N) is 2. The van der Waals surface area contributed by atoms with Crippen LogP contribution in [0.25, 0.3) is 0 Å². The second-order valence-corrected chi connectivity index (χ2v) is 6.38. The van der Waals surface area contributed by atoms with E-state index < -0.39 is 0 Å². The highest BCUT2D eigenvalue weighted by molar-refractivity contribution is 6.04. The molecule has 0 aliphatic heterocycles. The average molecular weight is 376 g/mol. The summed E-state index contributed by atoms with van der Waals surface area (Å²) < 4.78 is 5.62. The molecule has 1 amide bonds. The van der Waals surface area contributed by atoms with Crippen molar-refractivity contribution in [3.8, 4) is 5.75 Å². The molecule has 6 nitrogen and oxygen atoms in total. The average Bonchev–Trinajstić information content (AvgIpc) is 2.70. The van der Waals surface area contributed by atoms with Crippen molar-refractivity contribution in [1.82, 2.24) is 4.98 Å². The van der Waals surface area contributed by atoms with E-state index in [2.05, 4.69) is 15.6 Å². The molecule has 1 heterocycles. The monoisotopic (exact) mass is 376 g/mol. The molecule has 3 aromatic rings. The van der Waals surface area contributed by atoms with Crippen LogP contribution in [0, 0.1) is 0 Å². The van der Waals surface area contributed by atoms with Crippen molar-refractivity contribution in [3.05, 3.63) is 72.4 Å². The van der Waals surface area contributed by atoms with Gasteiger partial charge in [0.15, 0.2) is 0 Å². The van der Waals surface area contributed by atoms with E-state index in [1.165, 1.54) is 0 Å². The van der Waals surface area contributed by atoms with Crippen LogP contribution in [0.15, 0.2) is 66.9 Å². The van der Waals surface area contributed by atoms with Crippen molar-refractivity contribution < 1.29 is 9.53 Å². The molecule has 2 aromatic carbocycles. The molecule has 0 aliphatic carbocycles. The largest absolute Gasteiger partial charge is 0.492 e. The molecule has 144 valence electrons. The van der Waals surface area contributed by atoms with Gasteiger partial charge in [-0.3, -0.25) is 4.79 Å². The van der Waals surface area contributed by atoms with Gasteiger partial charge in [0.1, 0.15) is 11.6 Å². The summed E-state index contributed by atoms with van der Waals surface area (Å²) in [6, 6.07) is 18.7. The van der Waals surface area contributed by atoms with Crippen molar-refractivity contribution in [1.29, 1.82) is 0 Å². The molecular formula is C22H24N4O2. The van der Waals surface area contributed by atoms with Crippen LogP contribution in [0.1, 0.15) is 17.3 Å². The SMILES string of the molecule is CCOc1ccccc1Nc1cc(C(=O)Nc2ccc(N(C)C)cc2)ccn1. The number of amides is 1. The lowest BCUT2D eigenvalue weighted by atomic mass is 10.2. The third kappa shape index (κ3) is 4.79. The highest BCUT2D eigenvalue weighted by Gasteiger charge is 2.09. The quantitative estimate of drug-likeness (QED) is 0.634. The molecule has 0 spiro atoms. The summed E-state index contributed by atoms with van der Waals surface area (Å²) >= 11 is 0. The molecule has 0 aliphatic rings. The number of benzene rings is 2. The number of pyridine rings is 1. The zero-order chi connectivity index (χ0) is 19.9. The van der Waals surface area contributed by atoms with Gasteiger partial charge >= 0.3 is 0 Å². The molecule has 0 unspecified atom stereocenters. The van der Waals surface area contributed by atoms with Crippen LogP contribution >= 0.6 is 0 Å². The number of anilines is 4. The van der Waals surface area contributed by atoms with Crippen molar-refractivity contribution in [2.24, 2.45) is 0 Å². The Morgan fingerprint density at radius 2 is 1.82 bits per heavy atom. The summed E-state index contributed by atoms with van der Waals surface area (Å²) in [6.07, 6.45) is 1.61. The minimum absolute atomic E-state index is 0.193. The molecule has 0 radical (unpaired) electrons. The summed E-state index contributed by atoms with van der Waals surface area (Å²) in [5, 5.41) is 6.12. The van der Waals surface area contributed by atoms with Crippen LogP contribution in [0.4, 0.5) is 22.9 Å². The molecular weight excluding hydrogens is 352 g/mol. The molecule has 0 atom stereocenters. The minimum atomic E-state index is -0.193. The highest BCUT2D eigenvalue weighted by Crippen LogP contribution is 2.27. The van der Waals surface area contributed by atoms with E-state index in [0.29, 0.717) is 18.0 Å². The van der Waals surface area contributed by atoms with E-state index in [4.69, 9.17) is 4.74 Å². The first-order chi connectivity index (χ1) is 13.6. The van der Waals surface area contributed by atoms with Gasteiger partial charge in [-0.05, 0) is 55.5 Å². The smallest absolute Gasteiger partial charge is 0.255 e. The lowest BCUT2D eigenvalue weighted by Crippen LogP contribution is -2.13. The Kier molecular flexibility index (Phi) is 6.11. The molecule has 0 saturated heterocycles. The number of hydrogen-bond donors (Lipinski definition) is 2. The molecule has 3 rings (SSSR count). The number of aromatic nitrogens is 1. The molecule has 2 N–H and O–H groups in total. The molecule has 0 saturated carbocycles. The summed E-state index contributed by atoms with van der Waals surface area (Å²) in [7, 11) is 3.95. The first-order valence-corrected chi connectivity index (χ1v) is 9.10. The normalized spacial score (nSPS) is 10.2. The fraction of sp³-hybridized carbons (Fsp3) is 0.182. The molecule has 0 bridgehead atoms. The molecule has 28 heavy (non-hydrogen) atoms. The minimum Gasteiger partial charge on any atom is -0.492 e. The lowest BCUT2D eigenvalue weighted by Gasteiger charge is -2.13. The second-order valence-electron chi connectivity index (χ2n) is 6.38. The van der Waals surface area contributed by atoms with Crippen LogP contribution < -0.4 is 20.3 Å². The van der Waals surface area contributed by atoms with Crippen molar-refractivity contribution in [2.45, 2.75) is 6.92 Å². The summed E-state index contributed by atoms with van der Waals surface area (Å²) in [6.45, 7) is 2.51. The maximum atomic E-state index is 12.6. The van der Waals surface area contributed by atoms with Crippen molar-refractivity contribution >= 4 is 28.8 Å². The van der Waals surface area contributed by atoms with E-state index in [1.807, 2.05) is 74.4 Å². The standard InChI is InChI=1S/C22H24N4O2/c1-4-28-20-8-6-5-7-19(20)25-21-15-16(13-14-23-21)22(27)24-17-9-11-18(12-10-17)26(2)3/h5-15H,4H2,1-3H3,(H,23,25)(H,24,27). The molecule has 1 aromatic heterocycles. The van der Waals surface area contributed by atoms with E-state index >= 15 is 0 Å². The van der Waals surface area contributed by atoms with Crippen molar-refractivity contribution in [2.75, 3.05) is 36.2 Å². The van der Waals surface area contributed by atoms with Gasteiger partial charge in [-0.15, -0.1) is 0 Å². The Bertz CT molecular complexity index is 939. The maximum absolute atomic E-state index is 12.6. The van der Waals surface area contributed by atoms with Gasteiger partial charge in [0.2, 0.25) is 0 Å². The van der Waals surface area contributed by atoms with Crippen LogP contribution in [0.5, 0.6) is 5.75 Å². The maximum Gasteiger partial charge on any atom is 0.255 e. The highest BCUT2D eigenvalue weighted by atomic mass is 16.5. The van der Waals surface area contributed by atoms with Gasteiger partial charge in [0, 0.05) is 37.2 Å². The van der Waals surface area contributed by atoms with E-state index in [1.54, 1.807) is 18.3 Å². The van der Waals surface area contributed by atoms with E-state index in [9.17, 15) is 4.79 Å². The van der Waals surface area contributed by atoms with E-state index in [0.717, 1.165) is 22.8 Å². The third-order valence-electron chi connectivity index (χ3n) is 4.11. The topological polar surface area (TPSA) is 66.5 Å². The number of para-hydroxylation sites is 2. The zero-order valence-corrected chi connectivity index (χ0v) is 16.3. The van der Waals surface area contributed by atoms with Crippen LogP contribution in [0.3, 0.4) is 0 Å². The Labute approximate surface area is 165 Å². The second kappa shape index (κ2) is 8.90. The first-order valence-electron chi connectivity index (χ1n) is 9.10. The number of rotatable bonds is 7. The zero-order valence-electron chi connectivity index (χ0n) is 16.3. The van der Waals surface area contributed by atoms with Crippen LogP contribution in [0.2, 0.25) is 0 Å². The lowest BCUT2D eigenvalue weighted by molar-refractivity contribution is 0.102. The van der Waals surface area contributed by atoms with Gasteiger partial charge in [-0.1, -0.05) is 12.1 Å². The molecule has 6 heteroatoms. The van der Waals surface area contributed by atoms with Gasteiger partial charge < -0.3 is 20.3 Å². The fourth-order valence-electron chi connectivity index (χ4n) is 2.68. The number of carbonyl (C=O) groups excluding carboxylic acids is 1. The number of ether oxygens (including phenoxy) is 1. The van der Waals surface area contributed by atoms with Gasteiger partial charge in [0.05, 0.1) is 12.3 Å². The summed E-state index contributed by atoms with van der Waals surface area (Å²) in [5.41, 5.74) is 3.13. The Hall–Kier alpha value is -3.54. The first kappa shape index (κ1) is 19.2. The van der Waals surface area contributed by atoms with Crippen LogP contribution in [-0.4, -0.2) is 31.6 Å². The summed E-state index contributed by atoms with van der Waals surface area (Å²) in [4.78, 5) is 18.9. The van der Waals surface area contributed by atoms with Gasteiger partial charge in [-0.25, -0.2) is 4.98 Å². The van der Waals surface area contributed by atoms with E-state index in [-0.39, 0.29) is 5.91 Å². The Morgan fingerprint density at radius 3 is 2.54 bits per heavy atom. The Balaban J connectivity index is 1.73. The predicted molar refractivity (Wildman–Crippen MR) is 114 cm³/mol. The molecule has 0 fully saturated rings. The predicted octanol–water partition coefficient (Wildman–Crippen LogP) is 4.54.